The molecule has 8 heteroatoms. The Morgan fingerprint density at radius 3 is 2.50 bits per heavy atom. The average molecular weight is 503 g/mol. The van der Waals surface area contributed by atoms with E-state index in [9.17, 15) is 4.79 Å². The Morgan fingerprint density at radius 2 is 1.86 bits per heavy atom. The summed E-state index contributed by atoms with van der Waals surface area (Å²) < 4.78 is 5.65. The molecule has 28 heavy (non-hydrogen) atoms. The number of nitrogens with one attached hydrogen (secondary N) is 2. The summed E-state index contributed by atoms with van der Waals surface area (Å²) in [4.78, 5) is 17.8. The number of hydrogen-bond donors (Lipinski definition) is 3. The van der Waals surface area contributed by atoms with Crippen molar-refractivity contribution in [2.24, 2.45) is 16.6 Å². The largest absolute Gasteiger partial charge is 0.492 e. The number of primary amides is 1. The molecule has 0 aromatic heterocycles. The Labute approximate surface area is 185 Å². The predicted molar refractivity (Wildman–Crippen MR) is 124 cm³/mol. The van der Waals surface area contributed by atoms with Crippen LogP contribution in [0.1, 0.15) is 25.7 Å². The monoisotopic (exact) mass is 503 g/mol. The number of carbonyl (C=O) groups excluding carboxylic acids is 1. The van der Waals surface area contributed by atoms with Gasteiger partial charge in [0.25, 0.3) is 0 Å². The minimum absolute atomic E-state index is 0. The molecule has 0 unspecified atom stereocenters. The van der Waals surface area contributed by atoms with Gasteiger partial charge in [-0.2, -0.15) is 0 Å². The summed E-state index contributed by atoms with van der Waals surface area (Å²) in [7, 11) is 1.77. The normalized spacial score (nSPS) is 15.5. The van der Waals surface area contributed by atoms with Crippen LogP contribution in [0, 0.1) is 5.92 Å². The first-order valence-electron chi connectivity index (χ1n) is 9.83. The molecule has 1 aliphatic rings. The predicted octanol–water partition coefficient (Wildman–Crippen LogP) is 1.83. The molecule has 0 aliphatic carbocycles. The van der Waals surface area contributed by atoms with Crippen LogP contribution in [-0.4, -0.2) is 63.1 Å². The van der Waals surface area contributed by atoms with Crippen molar-refractivity contribution in [2.45, 2.75) is 25.7 Å². The summed E-state index contributed by atoms with van der Waals surface area (Å²) in [5, 5.41) is 6.59. The van der Waals surface area contributed by atoms with Crippen molar-refractivity contribution in [1.29, 1.82) is 0 Å². The Bertz CT molecular complexity index is 577. The molecule has 1 aromatic rings. The van der Waals surface area contributed by atoms with E-state index in [2.05, 4.69) is 20.5 Å². The Morgan fingerprint density at radius 1 is 1.18 bits per heavy atom. The van der Waals surface area contributed by atoms with Gasteiger partial charge >= 0.3 is 0 Å². The number of nitrogens with two attached hydrogens (primary N) is 1. The highest BCUT2D eigenvalue weighted by Gasteiger charge is 2.22. The lowest BCUT2D eigenvalue weighted by Gasteiger charge is -2.30. The van der Waals surface area contributed by atoms with Crippen LogP contribution in [0.25, 0.3) is 0 Å². The molecule has 1 fully saturated rings. The van der Waals surface area contributed by atoms with Crippen LogP contribution in [0.4, 0.5) is 0 Å². The smallest absolute Gasteiger partial charge is 0.220 e. The molecular weight excluding hydrogens is 469 g/mol. The minimum Gasteiger partial charge on any atom is -0.492 e. The zero-order chi connectivity index (χ0) is 19.3. The Kier molecular flexibility index (Phi) is 12.6. The lowest BCUT2D eigenvalue weighted by molar-refractivity contribution is -0.123. The molecule has 158 valence electrons. The van der Waals surface area contributed by atoms with Crippen LogP contribution in [0.15, 0.2) is 35.3 Å². The average Bonchev–Trinajstić information content (AvgIpc) is 2.70. The van der Waals surface area contributed by atoms with Gasteiger partial charge in [-0.3, -0.25) is 9.79 Å². The van der Waals surface area contributed by atoms with Crippen molar-refractivity contribution in [3.8, 4) is 5.75 Å². The number of benzene rings is 1. The minimum atomic E-state index is -0.146. The summed E-state index contributed by atoms with van der Waals surface area (Å²) in [5.41, 5.74) is 5.38. The van der Waals surface area contributed by atoms with Gasteiger partial charge in [0, 0.05) is 19.5 Å². The topological polar surface area (TPSA) is 92.0 Å². The first-order chi connectivity index (χ1) is 13.2. The van der Waals surface area contributed by atoms with Crippen LogP contribution >= 0.6 is 24.0 Å². The van der Waals surface area contributed by atoms with E-state index < -0.39 is 0 Å². The molecule has 2 rings (SSSR count). The number of ether oxygens (including phenoxy) is 1. The second-order valence-electron chi connectivity index (χ2n) is 6.81. The molecule has 1 saturated heterocycles. The number of amides is 1. The standard InChI is InChI=1S/C20H33N5O2.HI/c1-22-20(24-12-16-27-18-7-3-2-4-8-18)23-11-5-6-13-25-14-9-17(10-15-25)19(21)26;/h2-4,7-8,17H,5-6,9-16H2,1H3,(H2,21,26)(H2,22,23,24);1H. The van der Waals surface area contributed by atoms with Crippen molar-refractivity contribution in [2.75, 3.05) is 46.4 Å². The molecule has 0 spiro atoms. The number of nitrogens with zero attached hydrogens (tertiary/aromatic N) is 2. The van der Waals surface area contributed by atoms with Crippen LogP contribution in [0.3, 0.4) is 0 Å². The number of aliphatic imine (C=N–C) groups is 1. The van der Waals surface area contributed by atoms with E-state index in [0.717, 1.165) is 63.6 Å². The molecule has 7 nitrogen and oxygen atoms in total. The van der Waals surface area contributed by atoms with Crippen molar-refractivity contribution in [3.05, 3.63) is 30.3 Å². The molecule has 1 heterocycles. The number of carbonyl (C=O) groups is 1. The van der Waals surface area contributed by atoms with E-state index in [4.69, 9.17) is 10.5 Å². The number of unbranched alkanes of at least 4 members (excludes halogenated alkanes) is 1. The molecular formula is C20H34IN5O2. The highest BCUT2D eigenvalue weighted by Crippen LogP contribution is 2.16. The first kappa shape index (κ1) is 24.5. The van der Waals surface area contributed by atoms with E-state index in [-0.39, 0.29) is 35.8 Å². The summed E-state index contributed by atoms with van der Waals surface area (Å²) in [6, 6.07) is 9.79. The SMILES string of the molecule is CN=C(NCCCCN1CCC(C(N)=O)CC1)NCCOc1ccccc1.I. The van der Waals surface area contributed by atoms with Crippen LogP contribution < -0.4 is 21.1 Å². The number of piperidine rings is 1. The Hall–Kier alpha value is -1.55. The van der Waals surface area contributed by atoms with Gasteiger partial charge in [0.2, 0.25) is 5.91 Å². The maximum Gasteiger partial charge on any atom is 0.220 e. The summed E-state index contributed by atoms with van der Waals surface area (Å²) >= 11 is 0. The second kappa shape index (κ2) is 14.4. The van der Waals surface area contributed by atoms with Gasteiger partial charge in [0.1, 0.15) is 12.4 Å². The van der Waals surface area contributed by atoms with Gasteiger partial charge in [0.15, 0.2) is 5.96 Å². The second-order valence-corrected chi connectivity index (χ2v) is 6.81. The van der Waals surface area contributed by atoms with Crippen molar-refractivity contribution in [1.82, 2.24) is 15.5 Å². The first-order valence-corrected chi connectivity index (χ1v) is 9.83. The molecule has 1 aliphatic heterocycles. The summed E-state index contributed by atoms with van der Waals surface area (Å²) in [6.45, 7) is 5.20. The number of para-hydroxylation sites is 1. The number of hydrogen-bond acceptors (Lipinski definition) is 4. The fraction of sp³-hybridized carbons (Fsp3) is 0.600. The molecule has 0 saturated carbocycles. The lowest BCUT2D eigenvalue weighted by atomic mass is 9.96. The third-order valence-corrected chi connectivity index (χ3v) is 4.81. The van der Waals surface area contributed by atoms with Crippen molar-refractivity contribution < 1.29 is 9.53 Å². The molecule has 4 N–H and O–H groups in total. The maximum absolute atomic E-state index is 11.2. The van der Waals surface area contributed by atoms with Gasteiger partial charge in [-0.1, -0.05) is 18.2 Å². The number of guanidine groups is 1. The summed E-state index contributed by atoms with van der Waals surface area (Å²) in [5.74, 6) is 1.60. The lowest BCUT2D eigenvalue weighted by Crippen LogP contribution is -2.40. The molecule has 0 atom stereocenters. The highest BCUT2D eigenvalue weighted by molar-refractivity contribution is 14.0. The van der Waals surface area contributed by atoms with Gasteiger partial charge in [-0.05, 0) is 57.5 Å². The Balaban J connectivity index is 0.00000392. The zero-order valence-electron chi connectivity index (χ0n) is 16.7. The van der Waals surface area contributed by atoms with E-state index in [1.165, 1.54) is 0 Å². The van der Waals surface area contributed by atoms with E-state index >= 15 is 0 Å². The molecule has 1 amide bonds. The quantitative estimate of drug-likeness (QED) is 0.196. The number of likely N-dealkylation sites (tertiary alicyclic amines) is 1. The van der Waals surface area contributed by atoms with Crippen LogP contribution in [0.5, 0.6) is 5.75 Å². The van der Waals surface area contributed by atoms with Gasteiger partial charge in [-0.25, -0.2) is 0 Å². The zero-order valence-corrected chi connectivity index (χ0v) is 19.1. The van der Waals surface area contributed by atoms with Gasteiger partial charge in [-0.15, -0.1) is 24.0 Å². The van der Waals surface area contributed by atoms with E-state index in [0.29, 0.717) is 13.2 Å². The van der Waals surface area contributed by atoms with Gasteiger partial charge in [0.05, 0.1) is 6.54 Å². The highest BCUT2D eigenvalue weighted by atomic mass is 127. The van der Waals surface area contributed by atoms with E-state index in [1.807, 2.05) is 30.3 Å². The van der Waals surface area contributed by atoms with Gasteiger partial charge < -0.3 is 26.0 Å². The van der Waals surface area contributed by atoms with Crippen LogP contribution in [-0.2, 0) is 4.79 Å². The molecule has 1 aromatic carbocycles. The number of halogens is 1. The fourth-order valence-electron chi connectivity index (χ4n) is 3.18. The third-order valence-electron chi connectivity index (χ3n) is 4.81. The maximum atomic E-state index is 11.2. The number of rotatable bonds is 10. The van der Waals surface area contributed by atoms with Crippen molar-refractivity contribution >= 4 is 35.8 Å². The van der Waals surface area contributed by atoms with Crippen LogP contribution in [0.2, 0.25) is 0 Å². The summed E-state index contributed by atoms with van der Waals surface area (Å²) in [6.07, 6.45) is 4.00. The molecule has 0 bridgehead atoms. The van der Waals surface area contributed by atoms with E-state index in [1.54, 1.807) is 7.05 Å². The third kappa shape index (κ3) is 9.59. The van der Waals surface area contributed by atoms with Crippen molar-refractivity contribution in [3.63, 3.8) is 0 Å². The molecule has 0 radical (unpaired) electrons. The fourth-order valence-corrected chi connectivity index (χ4v) is 3.18.